The van der Waals surface area contributed by atoms with E-state index >= 15 is 0 Å². The van der Waals surface area contributed by atoms with Crippen LogP contribution in [-0.2, 0) is 6.54 Å². The highest BCUT2D eigenvalue weighted by atomic mass is 32.1. The van der Waals surface area contributed by atoms with Crippen molar-refractivity contribution in [3.05, 3.63) is 86.3 Å². The van der Waals surface area contributed by atoms with Crippen LogP contribution in [-0.4, -0.2) is 29.0 Å². The number of anilines is 2. The molecule has 4 aromatic rings. The minimum atomic E-state index is -0.484. The lowest BCUT2D eigenvalue weighted by molar-refractivity contribution is 0.0988. The van der Waals surface area contributed by atoms with Gasteiger partial charge < -0.3 is 14.8 Å². The second-order valence-corrected chi connectivity index (χ2v) is 9.40. The number of fused-ring (bicyclic) bond motifs is 1. The molecular weight excluding hydrogens is 451 g/mol. The van der Waals surface area contributed by atoms with Crippen molar-refractivity contribution in [1.29, 1.82) is 0 Å². The number of carbonyl (C=O) groups is 1. The molecule has 5 rings (SSSR count). The molecular formula is C26H25FN4O2S. The first-order valence-corrected chi connectivity index (χ1v) is 12.3. The van der Waals surface area contributed by atoms with Gasteiger partial charge in [0, 0.05) is 35.4 Å². The van der Waals surface area contributed by atoms with Gasteiger partial charge in [0.25, 0.3) is 11.5 Å². The maximum absolute atomic E-state index is 14.1. The summed E-state index contributed by atoms with van der Waals surface area (Å²) in [6.07, 6.45) is 3.62. The smallest absolute Gasteiger partial charge is 0.270 e. The molecule has 1 amide bonds. The molecule has 1 aliphatic heterocycles. The Kier molecular flexibility index (Phi) is 6.15. The van der Waals surface area contributed by atoms with Crippen molar-refractivity contribution in [2.24, 2.45) is 0 Å². The number of carbonyl (C=O) groups excluding carboxylic acids is 1. The molecule has 0 bridgehead atoms. The molecule has 0 saturated carbocycles. The van der Waals surface area contributed by atoms with Gasteiger partial charge >= 0.3 is 0 Å². The van der Waals surface area contributed by atoms with Gasteiger partial charge in [-0.2, -0.15) is 0 Å². The summed E-state index contributed by atoms with van der Waals surface area (Å²) >= 11 is 1.28. The summed E-state index contributed by atoms with van der Waals surface area (Å²) in [5, 5.41) is 0.580. The first-order chi connectivity index (χ1) is 16.5. The molecule has 1 saturated heterocycles. The number of pyridine rings is 1. The molecule has 0 atom stereocenters. The third kappa shape index (κ3) is 4.33. The topological polar surface area (TPSA) is 69.3 Å². The number of rotatable bonds is 5. The summed E-state index contributed by atoms with van der Waals surface area (Å²) in [5.41, 5.74) is 4.25. The number of halogens is 1. The number of H-pyrrole nitrogens is 1. The molecule has 8 heteroatoms. The van der Waals surface area contributed by atoms with Crippen molar-refractivity contribution in [1.82, 2.24) is 9.97 Å². The number of aromatic nitrogens is 2. The Bertz CT molecular complexity index is 1390. The van der Waals surface area contributed by atoms with E-state index in [4.69, 9.17) is 0 Å². The molecule has 0 unspecified atom stereocenters. The number of hydrogen-bond donors (Lipinski definition) is 1. The van der Waals surface area contributed by atoms with Crippen LogP contribution in [0.3, 0.4) is 0 Å². The fraction of sp³-hybridized carbons (Fsp3) is 0.269. The first-order valence-electron chi connectivity index (χ1n) is 11.4. The van der Waals surface area contributed by atoms with Crippen LogP contribution in [0, 0.1) is 12.7 Å². The van der Waals surface area contributed by atoms with Gasteiger partial charge in [-0.05, 0) is 62.6 Å². The van der Waals surface area contributed by atoms with Crippen molar-refractivity contribution in [2.45, 2.75) is 32.7 Å². The largest absolute Gasteiger partial charge is 0.372 e. The molecule has 1 fully saturated rings. The van der Waals surface area contributed by atoms with Gasteiger partial charge in [0.1, 0.15) is 10.7 Å². The molecule has 3 heterocycles. The lowest BCUT2D eigenvalue weighted by atomic mass is 10.1. The Morgan fingerprint density at radius 3 is 2.62 bits per heavy atom. The zero-order valence-corrected chi connectivity index (χ0v) is 19.7. The van der Waals surface area contributed by atoms with Gasteiger partial charge in [0.2, 0.25) is 0 Å². The number of piperidine rings is 1. The zero-order valence-electron chi connectivity index (χ0n) is 18.9. The van der Waals surface area contributed by atoms with Gasteiger partial charge in [-0.15, -0.1) is 11.3 Å². The van der Waals surface area contributed by atoms with E-state index in [-0.39, 0.29) is 18.0 Å². The number of amides is 1. The number of nitrogens with one attached hydrogen (secondary N) is 1. The SMILES string of the molecule is Cc1ncsc1C(=O)N(Cc1cc2cccc(F)c2[nH]c1=O)c1ccc(N2CCCCC2)cc1. The standard InChI is InChI=1S/C26H25FN4O2S/c1-17-24(34-16-28-17)26(33)31(21-10-8-20(9-11-21)30-12-3-2-4-13-30)15-19-14-18-6-5-7-22(27)23(18)29-25(19)32/h5-11,14,16H,2-4,12-13,15H2,1H3,(H,29,32). The quantitative estimate of drug-likeness (QED) is 0.426. The zero-order chi connectivity index (χ0) is 23.7. The molecule has 0 radical (unpaired) electrons. The minimum absolute atomic E-state index is 0.0566. The van der Waals surface area contributed by atoms with E-state index in [1.165, 1.54) is 36.7 Å². The van der Waals surface area contributed by atoms with Crippen LogP contribution < -0.4 is 15.4 Å². The number of nitrogens with zero attached hydrogens (tertiary/aromatic N) is 3. The molecule has 34 heavy (non-hydrogen) atoms. The third-order valence-corrected chi connectivity index (χ3v) is 7.22. The van der Waals surface area contributed by atoms with E-state index in [9.17, 15) is 14.0 Å². The normalized spacial score (nSPS) is 13.9. The average molecular weight is 477 g/mol. The van der Waals surface area contributed by atoms with Crippen molar-refractivity contribution >= 4 is 39.5 Å². The Morgan fingerprint density at radius 1 is 1.15 bits per heavy atom. The lowest BCUT2D eigenvalue weighted by Crippen LogP contribution is -2.33. The fourth-order valence-corrected chi connectivity index (χ4v) is 5.18. The molecule has 1 N–H and O–H groups in total. The van der Waals surface area contributed by atoms with Gasteiger partial charge in [0.15, 0.2) is 0 Å². The van der Waals surface area contributed by atoms with Crippen LogP contribution in [0.25, 0.3) is 10.9 Å². The van der Waals surface area contributed by atoms with E-state index in [0.717, 1.165) is 18.8 Å². The van der Waals surface area contributed by atoms with Gasteiger partial charge in [0.05, 0.1) is 23.3 Å². The van der Waals surface area contributed by atoms with Crippen LogP contribution in [0.5, 0.6) is 0 Å². The van der Waals surface area contributed by atoms with Crippen molar-refractivity contribution in [2.75, 3.05) is 22.9 Å². The predicted molar refractivity (Wildman–Crippen MR) is 134 cm³/mol. The van der Waals surface area contributed by atoms with Crippen LogP contribution >= 0.6 is 11.3 Å². The number of hydrogen-bond acceptors (Lipinski definition) is 5. The molecule has 0 aliphatic carbocycles. The summed E-state index contributed by atoms with van der Waals surface area (Å²) in [4.78, 5) is 37.7. The number of para-hydroxylation sites is 1. The Balaban J connectivity index is 1.52. The molecule has 6 nitrogen and oxygen atoms in total. The van der Waals surface area contributed by atoms with Gasteiger partial charge in [-0.25, -0.2) is 9.37 Å². The van der Waals surface area contributed by atoms with Gasteiger partial charge in [-0.3, -0.25) is 9.59 Å². The molecule has 2 aromatic heterocycles. The number of thiazole rings is 1. The average Bonchev–Trinajstić information content (AvgIpc) is 3.29. The molecule has 174 valence electrons. The highest BCUT2D eigenvalue weighted by Gasteiger charge is 2.23. The molecule has 0 spiro atoms. The summed E-state index contributed by atoms with van der Waals surface area (Å²) in [5.74, 6) is -0.702. The van der Waals surface area contributed by atoms with Crippen LogP contribution in [0.4, 0.5) is 15.8 Å². The van der Waals surface area contributed by atoms with Crippen molar-refractivity contribution < 1.29 is 9.18 Å². The van der Waals surface area contributed by atoms with Crippen LogP contribution in [0.2, 0.25) is 0 Å². The van der Waals surface area contributed by atoms with Crippen LogP contribution in [0.15, 0.2) is 58.8 Å². The second kappa shape index (κ2) is 9.38. The predicted octanol–water partition coefficient (Wildman–Crippen LogP) is 5.27. The number of aryl methyl sites for hydroxylation is 1. The Morgan fingerprint density at radius 2 is 1.91 bits per heavy atom. The number of benzene rings is 2. The lowest BCUT2D eigenvalue weighted by Gasteiger charge is -2.29. The minimum Gasteiger partial charge on any atom is -0.372 e. The third-order valence-electron chi connectivity index (χ3n) is 6.30. The van der Waals surface area contributed by atoms with E-state index in [2.05, 4.69) is 14.9 Å². The molecule has 1 aliphatic rings. The summed E-state index contributed by atoms with van der Waals surface area (Å²) < 4.78 is 14.1. The van der Waals surface area contributed by atoms with E-state index < -0.39 is 11.4 Å². The van der Waals surface area contributed by atoms with E-state index in [1.54, 1.807) is 35.5 Å². The fourth-order valence-electron chi connectivity index (χ4n) is 4.43. The molecule has 2 aromatic carbocycles. The Labute approximate surface area is 200 Å². The van der Waals surface area contributed by atoms with Gasteiger partial charge in [-0.1, -0.05) is 12.1 Å². The highest BCUT2D eigenvalue weighted by molar-refractivity contribution is 7.12. The van der Waals surface area contributed by atoms with Crippen molar-refractivity contribution in [3.63, 3.8) is 0 Å². The highest BCUT2D eigenvalue weighted by Crippen LogP contribution is 2.27. The van der Waals surface area contributed by atoms with E-state index in [0.29, 0.717) is 27.2 Å². The maximum atomic E-state index is 14.1. The van der Waals surface area contributed by atoms with Crippen LogP contribution in [0.1, 0.15) is 40.2 Å². The monoisotopic (exact) mass is 476 g/mol. The Hall–Kier alpha value is -3.52. The van der Waals surface area contributed by atoms with E-state index in [1.807, 2.05) is 24.3 Å². The second-order valence-electron chi connectivity index (χ2n) is 8.55. The summed E-state index contributed by atoms with van der Waals surface area (Å²) in [6, 6.07) is 14.2. The number of aromatic amines is 1. The summed E-state index contributed by atoms with van der Waals surface area (Å²) in [6.45, 7) is 3.92. The summed E-state index contributed by atoms with van der Waals surface area (Å²) in [7, 11) is 0. The maximum Gasteiger partial charge on any atom is 0.270 e. The van der Waals surface area contributed by atoms with Crippen molar-refractivity contribution in [3.8, 4) is 0 Å². The first kappa shape index (κ1) is 22.3.